The Bertz CT molecular complexity index is 691. The van der Waals surface area contributed by atoms with Gasteiger partial charge in [0.05, 0.1) is 5.69 Å². The highest BCUT2D eigenvalue weighted by molar-refractivity contribution is 5.93. The largest absolute Gasteiger partial charge is 0.435 e. The number of benzene rings is 1. The summed E-state index contributed by atoms with van der Waals surface area (Å²) < 4.78 is 53.1. The quantitative estimate of drug-likeness (QED) is 0.886. The fourth-order valence-corrected chi connectivity index (χ4v) is 1.89. The van der Waals surface area contributed by atoms with Crippen LogP contribution in [0.4, 0.5) is 17.6 Å². The van der Waals surface area contributed by atoms with Gasteiger partial charge in [0.1, 0.15) is 5.82 Å². The molecule has 4 nitrogen and oxygen atoms in total. The van der Waals surface area contributed by atoms with E-state index >= 15 is 0 Å². The van der Waals surface area contributed by atoms with Crippen molar-refractivity contribution >= 4 is 5.91 Å². The van der Waals surface area contributed by atoms with Gasteiger partial charge in [-0.15, -0.1) is 0 Å². The summed E-state index contributed by atoms with van der Waals surface area (Å²) in [6.45, 7) is 1.73. The fourth-order valence-electron chi connectivity index (χ4n) is 1.89. The predicted molar refractivity (Wildman–Crippen MR) is 66.8 cm³/mol. The normalized spacial score (nSPS) is 11.7. The summed E-state index contributed by atoms with van der Waals surface area (Å²) in [6.07, 6.45) is -4.61. The van der Waals surface area contributed by atoms with Crippen molar-refractivity contribution in [1.82, 2.24) is 9.78 Å². The zero-order chi connectivity index (χ0) is 15.8. The molecule has 0 aliphatic rings. The van der Waals surface area contributed by atoms with Crippen LogP contribution in [-0.4, -0.2) is 15.7 Å². The molecule has 0 fully saturated rings. The standard InChI is InChI=1S/C13H11F4N3O/c1-2-20-10(6-11(19-20)13(15,16)17)8-4-3-7(12(18)21)5-9(8)14/h3-6H,2H2,1H3,(H2,18,21). The molecule has 0 saturated heterocycles. The summed E-state index contributed by atoms with van der Waals surface area (Å²) in [5.74, 6) is -1.66. The first-order valence-electron chi connectivity index (χ1n) is 5.98. The van der Waals surface area contributed by atoms with Gasteiger partial charge in [0, 0.05) is 17.7 Å². The van der Waals surface area contributed by atoms with E-state index in [0.717, 1.165) is 16.8 Å². The minimum atomic E-state index is -4.61. The first kappa shape index (κ1) is 15.0. The third kappa shape index (κ3) is 2.88. The van der Waals surface area contributed by atoms with E-state index in [0.29, 0.717) is 0 Å². The molecule has 2 aromatic rings. The number of hydrogen-bond acceptors (Lipinski definition) is 2. The van der Waals surface area contributed by atoms with Crippen molar-refractivity contribution in [2.75, 3.05) is 0 Å². The monoisotopic (exact) mass is 301 g/mol. The van der Waals surface area contributed by atoms with E-state index in [-0.39, 0.29) is 23.4 Å². The molecule has 21 heavy (non-hydrogen) atoms. The summed E-state index contributed by atoms with van der Waals surface area (Å²) in [4.78, 5) is 10.9. The topological polar surface area (TPSA) is 60.9 Å². The Hall–Kier alpha value is -2.38. The molecule has 2 rings (SSSR count). The lowest BCUT2D eigenvalue weighted by Gasteiger charge is -2.06. The molecule has 0 spiro atoms. The lowest BCUT2D eigenvalue weighted by molar-refractivity contribution is -0.141. The molecule has 0 atom stereocenters. The number of carbonyl (C=O) groups excluding carboxylic acids is 1. The van der Waals surface area contributed by atoms with Crippen LogP contribution in [0, 0.1) is 5.82 Å². The lowest BCUT2D eigenvalue weighted by atomic mass is 10.1. The molecule has 0 unspecified atom stereocenters. The van der Waals surface area contributed by atoms with Gasteiger partial charge >= 0.3 is 6.18 Å². The maximum atomic E-state index is 14.0. The number of aromatic nitrogens is 2. The molecule has 112 valence electrons. The molecule has 0 saturated carbocycles. The average molecular weight is 301 g/mol. The van der Waals surface area contributed by atoms with Gasteiger partial charge in [-0.3, -0.25) is 9.48 Å². The number of halogens is 4. The number of hydrogen-bond donors (Lipinski definition) is 1. The fraction of sp³-hybridized carbons (Fsp3) is 0.231. The summed E-state index contributed by atoms with van der Waals surface area (Å²) in [7, 11) is 0. The van der Waals surface area contributed by atoms with Crippen molar-refractivity contribution in [3.05, 3.63) is 41.3 Å². The minimum absolute atomic E-state index is 0.0154. The Morgan fingerprint density at radius 3 is 2.48 bits per heavy atom. The van der Waals surface area contributed by atoms with Gasteiger partial charge < -0.3 is 5.73 Å². The van der Waals surface area contributed by atoms with Crippen LogP contribution in [0.5, 0.6) is 0 Å². The van der Waals surface area contributed by atoms with Crippen molar-refractivity contribution in [2.45, 2.75) is 19.6 Å². The maximum absolute atomic E-state index is 14.0. The van der Waals surface area contributed by atoms with Crippen LogP contribution in [0.2, 0.25) is 0 Å². The van der Waals surface area contributed by atoms with E-state index in [1.54, 1.807) is 6.92 Å². The molecule has 1 amide bonds. The van der Waals surface area contributed by atoms with Gasteiger partial charge in [0.15, 0.2) is 5.69 Å². The number of aryl methyl sites for hydroxylation is 1. The maximum Gasteiger partial charge on any atom is 0.435 e. The van der Waals surface area contributed by atoms with E-state index in [4.69, 9.17) is 5.73 Å². The number of amides is 1. The van der Waals surface area contributed by atoms with E-state index in [1.807, 2.05) is 0 Å². The SMILES string of the molecule is CCn1nc(C(F)(F)F)cc1-c1ccc(C(N)=O)cc1F. The van der Waals surface area contributed by atoms with E-state index < -0.39 is 23.6 Å². The first-order chi connectivity index (χ1) is 9.74. The number of alkyl halides is 3. The molecule has 2 N–H and O–H groups in total. The third-order valence-electron chi connectivity index (χ3n) is 2.90. The average Bonchev–Trinajstić information content (AvgIpc) is 2.82. The van der Waals surface area contributed by atoms with E-state index in [1.165, 1.54) is 12.1 Å². The highest BCUT2D eigenvalue weighted by atomic mass is 19.4. The molecular weight excluding hydrogens is 290 g/mol. The van der Waals surface area contributed by atoms with Gasteiger partial charge in [-0.1, -0.05) is 0 Å². The van der Waals surface area contributed by atoms with Gasteiger partial charge in [0.2, 0.25) is 5.91 Å². The van der Waals surface area contributed by atoms with Crippen LogP contribution >= 0.6 is 0 Å². The van der Waals surface area contributed by atoms with Gasteiger partial charge in [-0.25, -0.2) is 4.39 Å². The van der Waals surface area contributed by atoms with Crippen LogP contribution in [0.3, 0.4) is 0 Å². The molecule has 8 heteroatoms. The second kappa shape index (κ2) is 5.19. The van der Waals surface area contributed by atoms with Crippen molar-refractivity contribution in [1.29, 1.82) is 0 Å². The molecule has 0 bridgehead atoms. The second-order valence-electron chi connectivity index (χ2n) is 4.29. The summed E-state index contributed by atoms with van der Waals surface area (Å²) in [5, 5.41) is 3.41. The van der Waals surface area contributed by atoms with Crippen LogP contribution in [0.25, 0.3) is 11.3 Å². The number of nitrogens with zero attached hydrogens (tertiary/aromatic N) is 2. The lowest BCUT2D eigenvalue weighted by Crippen LogP contribution is -2.11. The smallest absolute Gasteiger partial charge is 0.366 e. The molecule has 1 heterocycles. The Labute approximate surface area is 117 Å². The van der Waals surface area contributed by atoms with Crippen molar-refractivity contribution < 1.29 is 22.4 Å². The van der Waals surface area contributed by atoms with E-state index in [2.05, 4.69) is 5.10 Å². The summed E-state index contributed by atoms with van der Waals surface area (Å²) in [5.41, 5.74) is 3.76. The molecule has 0 aliphatic heterocycles. The second-order valence-corrected chi connectivity index (χ2v) is 4.29. The number of carbonyl (C=O) groups is 1. The van der Waals surface area contributed by atoms with Gasteiger partial charge in [-0.2, -0.15) is 18.3 Å². The van der Waals surface area contributed by atoms with Crippen LogP contribution in [0.1, 0.15) is 23.0 Å². The summed E-state index contributed by atoms with van der Waals surface area (Å²) in [6, 6.07) is 4.11. The molecule has 1 aromatic carbocycles. The summed E-state index contributed by atoms with van der Waals surface area (Å²) >= 11 is 0. The zero-order valence-electron chi connectivity index (χ0n) is 10.9. The number of nitrogens with two attached hydrogens (primary N) is 1. The number of primary amides is 1. The van der Waals surface area contributed by atoms with Crippen molar-refractivity contribution in [3.63, 3.8) is 0 Å². The van der Waals surface area contributed by atoms with Crippen LogP contribution in [-0.2, 0) is 12.7 Å². The number of rotatable bonds is 3. The zero-order valence-corrected chi connectivity index (χ0v) is 10.9. The third-order valence-corrected chi connectivity index (χ3v) is 2.90. The van der Waals surface area contributed by atoms with Crippen molar-refractivity contribution in [3.8, 4) is 11.3 Å². The first-order valence-corrected chi connectivity index (χ1v) is 5.98. The highest BCUT2D eigenvalue weighted by Gasteiger charge is 2.35. The van der Waals surface area contributed by atoms with Gasteiger partial charge in [-0.05, 0) is 31.2 Å². The van der Waals surface area contributed by atoms with Gasteiger partial charge in [0.25, 0.3) is 0 Å². The van der Waals surface area contributed by atoms with Crippen LogP contribution < -0.4 is 5.73 Å². The van der Waals surface area contributed by atoms with E-state index in [9.17, 15) is 22.4 Å². The highest BCUT2D eigenvalue weighted by Crippen LogP contribution is 2.32. The molecule has 0 radical (unpaired) electrons. The van der Waals surface area contributed by atoms with Crippen LogP contribution in [0.15, 0.2) is 24.3 Å². The molecule has 0 aliphatic carbocycles. The Balaban J connectivity index is 2.56. The van der Waals surface area contributed by atoms with Crippen molar-refractivity contribution in [2.24, 2.45) is 5.73 Å². The molecule has 1 aromatic heterocycles. The minimum Gasteiger partial charge on any atom is -0.366 e. The Kier molecular flexibility index (Phi) is 3.71. The Morgan fingerprint density at radius 2 is 2.00 bits per heavy atom. The predicted octanol–water partition coefficient (Wildman–Crippen LogP) is 2.83. The molecular formula is C13H11F4N3O. The Morgan fingerprint density at radius 1 is 1.33 bits per heavy atom.